The van der Waals surface area contributed by atoms with E-state index in [9.17, 15) is 9.90 Å². The molecule has 23 heavy (non-hydrogen) atoms. The summed E-state index contributed by atoms with van der Waals surface area (Å²) in [6.07, 6.45) is 2.55. The predicted molar refractivity (Wildman–Crippen MR) is 87.9 cm³/mol. The fraction of sp³-hybridized carbons (Fsp3) is 0.611. The van der Waals surface area contributed by atoms with Crippen LogP contribution in [0.4, 0.5) is 4.79 Å². The molecule has 1 heterocycles. The molecule has 1 aliphatic carbocycles. The first kappa shape index (κ1) is 16.3. The van der Waals surface area contributed by atoms with Crippen LogP contribution in [-0.4, -0.2) is 47.4 Å². The van der Waals surface area contributed by atoms with Gasteiger partial charge in [-0.25, -0.2) is 4.79 Å². The van der Waals surface area contributed by atoms with Crippen LogP contribution in [0, 0.1) is 5.92 Å². The average Bonchev–Trinajstić information content (AvgIpc) is 3.38. The molecule has 1 saturated carbocycles. The summed E-state index contributed by atoms with van der Waals surface area (Å²) in [6.45, 7) is 3.91. The first-order valence-electron chi connectivity index (χ1n) is 8.51. The molecule has 0 aromatic heterocycles. The van der Waals surface area contributed by atoms with Crippen molar-refractivity contribution in [2.24, 2.45) is 5.92 Å². The molecule has 5 heteroatoms. The zero-order chi connectivity index (χ0) is 16.2. The van der Waals surface area contributed by atoms with Crippen molar-refractivity contribution in [3.63, 3.8) is 0 Å². The van der Waals surface area contributed by atoms with Gasteiger partial charge in [0.25, 0.3) is 0 Å². The average molecular weight is 318 g/mol. The lowest BCUT2D eigenvalue weighted by Gasteiger charge is -2.39. The molecule has 0 bridgehead atoms. The van der Waals surface area contributed by atoms with Gasteiger partial charge in [-0.1, -0.05) is 30.3 Å². The van der Waals surface area contributed by atoms with E-state index in [1.165, 1.54) is 12.8 Å². The fourth-order valence-electron chi connectivity index (χ4n) is 3.30. The lowest BCUT2D eigenvalue weighted by atomic mass is 9.90. The van der Waals surface area contributed by atoms with Gasteiger partial charge in [-0.3, -0.25) is 4.90 Å². The summed E-state index contributed by atoms with van der Waals surface area (Å²) >= 11 is 0. The Balaban J connectivity index is 1.50. The molecule has 2 aliphatic rings. The fourth-order valence-corrected chi connectivity index (χ4v) is 3.30. The van der Waals surface area contributed by atoms with Gasteiger partial charge in [-0.05, 0) is 37.7 Å². The number of carbonyl (C=O) groups is 1. The summed E-state index contributed by atoms with van der Waals surface area (Å²) in [7, 11) is 0. The third-order valence-electron chi connectivity index (χ3n) is 4.79. The summed E-state index contributed by atoms with van der Waals surface area (Å²) in [5, 5.41) is 12.9. The number of likely N-dealkylation sites (tertiary alicyclic amines) is 1. The predicted octanol–water partition coefficient (Wildman–Crippen LogP) is 2.15. The van der Waals surface area contributed by atoms with Crippen LogP contribution in [0.3, 0.4) is 0 Å². The number of carbonyl (C=O) groups excluding carboxylic acids is 1. The summed E-state index contributed by atoms with van der Waals surface area (Å²) in [4.78, 5) is 14.4. The number of alkyl carbamates (subject to hydrolysis) is 1. The molecule has 1 aliphatic heterocycles. The van der Waals surface area contributed by atoms with Crippen LogP contribution < -0.4 is 5.32 Å². The number of ether oxygens (including phenoxy) is 1. The summed E-state index contributed by atoms with van der Waals surface area (Å²) in [5.74, 6) is 0.212. The van der Waals surface area contributed by atoms with Crippen molar-refractivity contribution in [2.45, 2.75) is 51.0 Å². The van der Waals surface area contributed by atoms with Crippen molar-refractivity contribution in [3.05, 3.63) is 35.9 Å². The first-order valence-corrected chi connectivity index (χ1v) is 8.51. The van der Waals surface area contributed by atoms with Crippen LogP contribution in [0.25, 0.3) is 0 Å². The molecule has 0 spiro atoms. The van der Waals surface area contributed by atoms with Gasteiger partial charge < -0.3 is 15.2 Å². The summed E-state index contributed by atoms with van der Waals surface area (Å²) < 4.78 is 5.31. The van der Waals surface area contributed by atoms with Crippen molar-refractivity contribution in [3.8, 4) is 0 Å². The Hall–Kier alpha value is -1.59. The highest BCUT2D eigenvalue weighted by Crippen LogP contribution is 2.32. The van der Waals surface area contributed by atoms with Crippen LogP contribution in [0.2, 0.25) is 0 Å². The van der Waals surface area contributed by atoms with E-state index in [2.05, 4.69) is 10.2 Å². The molecule has 0 radical (unpaired) electrons. The topological polar surface area (TPSA) is 61.8 Å². The highest BCUT2D eigenvalue weighted by atomic mass is 16.5. The molecule has 3 atom stereocenters. The van der Waals surface area contributed by atoms with E-state index < -0.39 is 0 Å². The highest BCUT2D eigenvalue weighted by Gasteiger charge is 2.37. The third kappa shape index (κ3) is 4.69. The molecule has 2 N–H and O–H groups in total. The maximum Gasteiger partial charge on any atom is 0.407 e. The molecule has 126 valence electrons. The van der Waals surface area contributed by atoms with Gasteiger partial charge >= 0.3 is 6.09 Å². The van der Waals surface area contributed by atoms with Crippen LogP contribution in [0.1, 0.15) is 31.7 Å². The number of aliphatic hydroxyl groups excluding tert-OH is 1. The lowest BCUT2D eigenvalue weighted by molar-refractivity contribution is 0.0425. The maximum atomic E-state index is 12.0. The quantitative estimate of drug-likeness (QED) is 0.873. The van der Waals surface area contributed by atoms with Gasteiger partial charge in [0.15, 0.2) is 0 Å². The van der Waals surface area contributed by atoms with Gasteiger partial charge in [0.1, 0.15) is 6.61 Å². The van der Waals surface area contributed by atoms with E-state index in [0.29, 0.717) is 6.04 Å². The molecule has 1 saturated heterocycles. The number of aliphatic hydroxyl groups is 1. The number of hydrogen-bond acceptors (Lipinski definition) is 4. The van der Waals surface area contributed by atoms with Crippen LogP contribution >= 0.6 is 0 Å². The van der Waals surface area contributed by atoms with Gasteiger partial charge in [0, 0.05) is 25.2 Å². The first-order chi connectivity index (χ1) is 11.1. The Morgan fingerprint density at radius 3 is 2.74 bits per heavy atom. The molecule has 3 rings (SSSR count). The van der Waals surface area contributed by atoms with Crippen LogP contribution in [-0.2, 0) is 11.3 Å². The zero-order valence-corrected chi connectivity index (χ0v) is 13.6. The molecular formula is C18H26N2O3. The Labute approximate surface area is 137 Å². The van der Waals surface area contributed by atoms with Gasteiger partial charge in [-0.2, -0.15) is 0 Å². The second kappa shape index (κ2) is 7.32. The number of nitrogens with zero attached hydrogens (tertiary/aromatic N) is 1. The molecule has 5 nitrogen and oxygen atoms in total. The van der Waals surface area contributed by atoms with Crippen molar-refractivity contribution in [1.29, 1.82) is 0 Å². The molecule has 1 aromatic rings. The van der Waals surface area contributed by atoms with Gasteiger partial charge in [0.05, 0.1) is 6.10 Å². The minimum Gasteiger partial charge on any atom is -0.445 e. The van der Waals surface area contributed by atoms with Crippen molar-refractivity contribution < 1.29 is 14.6 Å². The molecule has 1 amide bonds. The number of piperidine rings is 1. The largest absolute Gasteiger partial charge is 0.445 e. The summed E-state index contributed by atoms with van der Waals surface area (Å²) in [5.41, 5.74) is 0.979. The van der Waals surface area contributed by atoms with E-state index in [4.69, 9.17) is 4.74 Å². The summed E-state index contributed by atoms with van der Waals surface area (Å²) in [6, 6.07) is 10.4. The minimum absolute atomic E-state index is 0.0484. The smallest absolute Gasteiger partial charge is 0.407 e. The molecule has 1 aromatic carbocycles. The van der Waals surface area contributed by atoms with Crippen molar-refractivity contribution in [2.75, 3.05) is 13.1 Å². The van der Waals surface area contributed by atoms with E-state index in [-0.39, 0.29) is 30.8 Å². The second-order valence-electron chi connectivity index (χ2n) is 6.82. The Bertz CT molecular complexity index is 506. The zero-order valence-electron chi connectivity index (χ0n) is 13.6. The van der Waals surface area contributed by atoms with E-state index in [1.54, 1.807) is 0 Å². The Kier molecular flexibility index (Phi) is 5.18. The maximum absolute atomic E-state index is 12.0. The molecule has 3 unspecified atom stereocenters. The SMILES string of the molecule is CC(O)C1CC(NC(=O)OCc2ccccc2)CN(C2CC2)C1. The number of nitrogens with one attached hydrogen (secondary N) is 1. The van der Waals surface area contributed by atoms with Crippen LogP contribution in [0.15, 0.2) is 30.3 Å². The Morgan fingerprint density at radius 1 is 1.35 bits per heavy atom. The van der Waals surface area contributed by atoms with E-state index >= 15 is 0 Å². The normalized spacial score (nSPS) is 26.5. The van der Waals surface area contributed by atoms with E-state index in [1.807, 2.05) is 37.3 Å². The number of benzene rings is 1. The van der Waals surface area contributed by atoms with Crippen LogP contribution in [0.5, 0.6) is 0 Å². The third-order valence-corrected chi connectivity index (χ3v) is 4.79. The molecule has 2 fully saturated rings. The lowest BCUT2D eigenvalue weighted by Crippen LogP contribution is -2.53. The monoisotopic (exact) mass is 318 g/mol. The highest BCUT2D eigenvalue weighted by molar-refractivity contribution is 5.67. The van der Waals surface area contributed by atoms with Gasteiger partial charge in [0.2, 0.25) is 0 Å². The minimum atomic E-state index is -0.374. The van der Waals surface area contributed by atoms with Crippen molar-refractivity contribution >= 4 is 6.09 Å². The number of amides is 1. The van der Waals surface area contributed by atoms with Crippen molar-refractivity contribution in [1.82, 2.24) is 10.2 Å². The second-order valence-corrected chi connectivity index (χ2v) is 6.82. The standard InChI is InChI=1S/C18H26N2O3/c1-13(21)15-9-16(11-20(10-15)17-7-8-17)19-18(22)23-12-14-5-3-2-4-6-14/h2-6,13,15-17,21H,7-12H2,1H3,(H,19,22). The van der Waals surface area contributed by atoms with Gasteiger partial charge in [-0.15, -0.1) is 0 Å². The number of hydrogen-bond donors (Lipinski definition) is 2. The van der Waals surface area contributed by atoms with E-state index in [0.717, 1.165) is 25.1 Å². The number of rotatable bonds is 5. The molecular weight excluding hydrogens is 292 g/mol. The Morgan fingerprint density at radius 2 is 2.09 bits per heavy atom.